The first kappa shape index (κ1) is 11.0. The van der Waals surface area contributed by atoms with Crippen LogP contribution in [0.15, 0.2) is 30.7 Å². The molecule has 0 aliphatic heterocycles. The minimum atomic E-state index is -1.02. The number of carbonyl (C=O) groups is 1. The van der Waals surface area contributed by atoms with Gasteiger partial charge in [-0.2, -0.15) is 0 Å². The summed E-state index contributed by atoms with van der Waals surface area (Å²) < 4.78 is 0. The van der Waals surface area contributed by atoms with Crippen LogP contribution >= 0.6 is 0 Å². The maximum Gasteiger partial charge on any atom is 0.324 e. The number of pyridine rings is 1. The topological polar surface area (TPSA) is 105 Å². The first-order valence-corrected chi connectivity index (χ1v) is 4.20. The molecule has 0 radical (unpaired) electrons. The third-order valence-corrected chi connectivity index (χ3v) is 1.64. The summed E-state index contributed by atoms with van der Waals surface area (Å²) in [6.07, 6.45) is 4.55. The standard InChI is InChI=1S/C9H12N4O2/c10-8(5-13(11)6-9(14)15)7-1-3-12-4-2-7/h1-5H,6,10-11H2,(H,14,15)/b8-5-. The molecular formula is C9H12N4O2. The van der Waals surface area contributed by atoms with E-state index in [4.69, 9.17) is 16.7 Å². The molecule has 0 saturated carbocycles. The van der Waals surface area contributed by atoms with Crippen molar-refractivity contribution in [2.24, 2.45) is 11.6 Å². The van der Waals surface area contributed by atoms with Gasteiger partial charge in [-0.3, -0.25) is 9.78 Å². The van der Waals surface area contributed by atoms with Gasteiger partial charge in [0, 0.05) is 24.2 Å². The number of hydrogen-bond donors (Lipinski definition) is 3. The lowest BCUT2D eigenvalue weighted by Gasteiger charge is -2.11. The number of nitrogens with zero attached hydrogens (tertiary/aromatic N) is 2. The molecule has 0 aliphatic rings. The predicted molar refractivity (Wildman–Crippen MR) is 54.9 cm³/mol. The molecule has 1 heterocycles. The molecule has 0 fully saturated rings. The first-order valence-electron chi connectivity index (χ1n) is 4.20. The van der Waals surface area contributed by atoms with E-state index in [0.29, 0.717) is 5.70 Å². The van der Waals surface area contributed by atoms with E-state index in [1.807, 2.05) is 0 Å². The smallest absolute Gasteiger partial charge is 0.324 e. The van der Waals surface area contributed by atoms with Crippen molar-refractivity contribution in [2.75, 3.05) is 6.54 Å². The van der Waals surface area contributed by atoms with E-state index >= 15 is 0 Å². The number of carboxylic acids is 1. The quantitative estimate of drug-likeness (QED) is 0.459. The zero-order chi connectivity index (χ0) is 11.3. The van der Waals surface area contributed by atoms with E-state index in [0.717, 1.165) is 10.6 Å². The Kier molecular flexibility index (Phi) is 3.64. The molecule has 0 saturated heterocycles. The van der Waals surface area contributed by atoms with Crippen molar-refractivity contribution >= 4 is 11.7 Å². The molecule has 1 rings (SSSR count). The summed E-state index contributed by atoms with van der Waals surface area (Å²) in [6, 6.07) is 3.42. The Labute approximate surface area is 86.8 Å². The van der Waals surface area contributed by atoms with Gasteiger partial charge in [-0.1, -0.05) is 0 Å². The number of aliphatic carboxylic acids is 1. The number of aromatic nitrogens is 1. The van der Waals surface area contributed by atoms with Gasteiger partial charge in [0.2, 0.25) is 0 Å². The molecule has 0 amide bonds. The molecule has 15 heavy (non-hydrogen) atoms. The van der Waals surface area contributed by atoms with Gasteiger partial charge in [0.1, 0.15) is 6.54 Å². The second-order valence-electron chi connectivity index (χ2n) is 2.89. The SMILES string of the molecule is N/C(=C\N(N)CC(=O)O)c1ccncc1. The number of carboxylic acid groups (broad SMARTS) is 1. The highest BCUT2D eigenvalue weighted by molar-refractivity contribution is 5.70. The van der Waals surface area contributed by atoms with Crippen LogP contribution in [-0.4, -0.2) is 27.6 Å². The van der Waals surface area contributed by atoms with Gasteiger partial charge in [-0.05, 0) is 12.1 Å². The summed E-state index contributed by atoms with van der Waals surface area (Å²) in [7, 11) is 0. The summed E-state index contributed by atoms with van der Waals surface area (Å²) in [5.41, 5.74) is 6.82. The fraction of sp³-hybridized carbons (Fsp3) is 0.111. The maximum absolute atomic E-state index is 10.3. The van der Waals surface area contributed by atoms with Crippen molar-refractivity contribution in [3.63, 3.8) is 0 Å². The highest BCUT2D eigenvalue weighted by Gasteiger charge is 2.02. The highest BCUT2D eigenvalue weighted by Crippen LogP contribution is 2.06. The van der Waals surface area contributed by atoms with Gasteiger partial charge >= 0.3 is 5.97 Å². The summed E-state index contributed by atoms with van der Waals surface area (Å²) in [4.78, 5) is 14.2. The number of hydrazine groups is 1. The molecule has 6 heteroatoms. The van der Waals surface area contributed by atoms with Crippen LogP contribution in [0.2, 0.25) is 0 Å². The van der Waals surface area contributed by atoms with Crippen LogP contribution in [0.1, 0.15) is 5.56 Å². The molecule has 6 nitrogen and oxygen atoms in total. The van der Waals surface area contributed by atoms with Crippen molar-refractivity contribution in [3.8, 4) is 0 Å². The van der Waals surface area contributed by atoms with E-state index in [-0.39, 0.29) is 6.54 Å². The first-order chi connectivity index (χ1) is 7.09. The Balaban J connectivity index is 2.71. The van der Waals surface area contributed by atoms with Crippen LogP contribution in [0.3, 0.4) is 0 Å². The van der Waals surface area contributed by atoms with Crippen LogP contribution in [0.5, 0.6) is 0 Å². The Hall–Kier alpha value is -2.08. The molecule has 0 aliphatic carbocycles. The van der Waals surface area contributed by atoms with E-state index in [1.54, 1.807) is 24.5 Å². The largest absolute Gasteiger partial charge is 0.480 e. The van der Waals surface area contributed by atoms with Gasteiger partial charge in [-0.25, -0.2) is 5.84 Å². The van der Waals surface area contributed by atoms with Crippen molar-refractivity contribution < 1.29 is 9.90 Å². The molecule has 0 atom stereocenters. The third kappa shape index (κ3) is 3.65. The Morgan fingerprint density at radius 2 is 2.13 bits per heavy atom. The van der Waals surface area contributed by atoms with Crippen LogP contribution < -0.4 is 11.6 Å². The second-order valence-corrected chi connectivity index (χ2v) is 2.89. The summed E-state index contributed by atoms with van der Waals surface area (Å²) in [5.74, 6) is 4.38. The van der Waals surface area contributed by atoms with E-state index in [2.05, 4.69) is 4.98 Å². The molecule has 0 unspecified atom stereocenters. The maximum atomic E-state index is 10.3. The van der Waals surface area contributed by atoms with Crippen molar-refractivity contribution in [1.82, 2.24) is 9.99 Å². The van der Waals surface area contributed by atoms with Crippen LogP contribution in [0, 0.1) is 0 Å². The van der Waals surface area contributed by atoms with Crippen LogP contribution in [0.4, 0.5) is 0 Å². The fourth-order valence-electron chi connectivity index (χ4n) is 0.999. The Bertz CT molecular complexity index is 364. The van der Waals surface area contributed by atoms with Crippen LogP contribution in [-0.2, 0) is 4.79 Å². The van der Waals surface area contributed by atoms with Crippen molar-refractivity contribution in [2.45, 2.75) is 0 Å². The van der Waals surface area contributed by atoms with E-state index in [9.17, 15) is 4.79 Å². The number of hydrogen-bond acceptors (Lipinski definition) is 5. The number of nitrogens with two attached hydrogens (primary N) is 2. The van der Waals surface area contributed by atoms with Gasteiger partial charge in [0.15, 0.2) is 0 Å². The van der Waals surface area contributed by atoms with Gasteiger partial charge in [-0.15, -0.1) is 0 Å². The minimum Gasteiger partial charge on any atom is -0.480 e. The average molecular weight is 208 g/mol. The summed E-state index contributed by atoms with van der Waals surface area (Å²) >= 11 is 0. The monoisotopic (exact) mass is 208 g/mol. The highest BCUT2D eigenvalue weighted by atomic mass is 16.4. The zero-order valence-corrected chi connectivity index (χ0v) is 8.00. The molecule has 5 N–H and O–H groups in total. The zero-order valence-electron chi connectivity index (χ0n) is 8.00. The average Bonchev–Trinajstić information content (AvgIpc) is 2.17. The third-order valence-electron chi connectivity index (χ3n) is 1.64. The normalized spacial score (nSPS) is 11.1. The summed E-state index contributed by atoms with van der Waals surface area (Å²) in [6.45, 7) is -0.300. The lowest BCUT2D eigenvalue weighted by atomic mass is 10.2. The van der Waals surface area contributed by atoms with Crippen molar-refractivity contribution in [1.29, 1.82) is 0 Å². The molecular weight excluding hydrogens is 196 g/mol. The summed E-state index contributed by atoms with van der Waals surface area (Å²) in [5, 5.41) is 9.48. The molecule has 1 aromatic heterocycles. The molecule has 0 bridgehead atoms. The Morgan fingerprint density at radius 1 is 1.53 bits per heavy atom. The van der Waals surface area contributed by atoms with Gasteiger partial charge in [0.05, 0.1) is 5.70 Å². The number of rotatable bonds is 4. The van der Waals surface area contributed by atoms with E-state index in [1.165, 1.54) is 6.20 Å². The minimum absolute atomic E-state index is 0.300. The van der Waals surface area contributed by atoms with E-state index < -0.39 is 5.97 Å². The molecule has 80 valence electrons. The fourth-order valence-corrected chi connectivity index (χ4v) is 0.999. The molecule has 1 aromatic rings. The molecule has 0 aromatic carbocycles. The Morgan fingerprint density at radius 3 is 2.67 bits per heavy atom. The second kappa shape index (κ2) is 4.97. The lowest BCUT2D eigenvalue weighted by Crippen LogP contribution is -2.31. The molecule has 0 spiro atoms. The van der Waals surface area contributed by atoms with Gasteiger partial charge in [0.25, 0.3) is 0 Å². The predicted octanol–water partition coefficient (Wildman–Crippen LogP) is -0.401. The lowest BCUT2D eigenvalue weighted by molar-refractivity contribution is -0.137. The van der Waals surface area contributed by atoms with Gasteiger partial charge < -0.3 is 15.8 Å². The van der Waals surface area contributed by atoms with Crippen LogP contribution in [0.25, 0.3) is 5.70 Å². The van der Waals surface area contributed by atoms with Crippen molar-refractivity contribution in [3.05, 3.63) is 36.3 Å².